The van der Waals surface area contributed by atoms with Gasteiger partial charge in [0.1, 0.15) is 4.75 Å². The Hall–Kier alpha value is -2.61. The van der Waals surface area contributed by atoms with Crippen LogP contribution in [0.15, 0.2) is 48.5 Å². The first-order chi connectivity index (χ1) is 16.1. The van der Waals surface area contributed by atoms with Gasteiger partial charge < -0.3 is 9.84 Å². The number of nitriles is 1. The van der Waals surface area contributed by atoms with Crippen molar-refractivity contribution in [2.45, 2.75) is 36.5 Å². The molecule has 10 heteroatoms. The highest BCUT2D eigenvalue weighted by Gasteiger charge is 2.73. The molecule has 1 aliphatic heterocycles. The largest absolute Gasteiger partial charge is 0.417 e. The quantitative estimate of drug-likeness (QED) is 0.688. The molecular weight excluding hydrogens is 469 g/mol. The Balaban J connectivity index is 1.52. The van der Waals surface area contributed by atoms with Crippen molar-refractivity contribution in [3.05, 3.63) is 65.2 Å². The Morgan fingerprint density at radius 3 is 2.56 bits per heavy atom. The summed E-state index contributed by atoms with van der Waals surface area (Å²) in [4.78, 5) is 0. The first kappa shape index (κ1) is 23.1. The zero-order valence-corrected chi connectivity index (χ0v) is 18.9. The standard InChI is InChI=1S/C24H23F3N2O4S/c25-24(26,27)19-10-18(7-6-16(19)11-28)29-12-21-17-8-20(22(30)9-17)23(21,34(29,31)32)14-33-13-15-4-2-1-3-5-15/h1-7,10,17,20-22,30H,8-9,12-14H2/t17-,20-,21-,22-,23+/m0/s1. The second-order valence-electron chi connectivity index (χ2n) is 9.32. The minimum absolute atomic E-state index is 0.0219. The van der Waals surface area contributed by atoms with E-state index in [0.29, 0.717) is 12.8 Å². The molecule has 0 unspecified atom stereocenters. The van der Waals surface area contributed by atoms with Gasteiger partial charge in [-0.05, 0) is 42.5 Å². The number of aliphatic hydroxyl groups excluding tert-OH is 1. The summed E-state index contributed by atoms with van der Waals surface area (Å²) in [6, 6.07) is 13.8. The van der Waals surface area contributed by atoms with E-state index in [1.54, 1.807) is 0 Å². The molecule has 0 radical (unpaired) electrons. The smallest absolute Gasteiger partial charge is 0.393 e. The van der Waals surface area contributed by atoms with E-state index >= 15 is 0 Å². The molecule has 0 aromatic heterocycles. The van der Waals surface area contributed by atoms with Crippen LogP contribution in [0, 0.1) is 29.1 Å². The second-order valence-corrected chi connectivity index (χ2v) is 11.5. The molecule has 0 spiro atoms. The van der Waals surface area contributed by atoms with Crippen molar-refractivity contribution < 1.29 is 31.4 Å². The fourth-order valence-electron chi connectivity index (χ4n) is 6.20. The summed E-state index contributed by atoms with van der Waals surface area (Å²) in [5.41, 5.74) is -0.994. The lowest BCUT2D eigenvalue weighted by Gasteiger charge is -2.39. The average molecular weight is 493 g/mol. The van der Waals surface area contributed by atoms with Crippen LogP contribution in [0.5, 0.6) is 0 Å². The molecule has 6 nitrogen and oxygen atoms in total. The molecule has 2 aliphatic carbocycles. The topological polar surface area (TPSA) is 90.6 Å². The molecule has 34 heavy (non-hydrogen) atoms. The molecule has 1 heterocycles. The first-order valence-corrected chi connectivity index (χ1v) is 12.5. The minimum Gasteiger partial charge on any atom is -0.393 e. The van der Waals surface area contributed by atoms with Gasteiger partial charge in [0, 0.05) is 18.4 Å². The number of hydrogen-bond acceptors (Lipinski definition) is 5. The van der Waals surface area contributed by atoms with Crippen molar-refractivity contribution in [3.8, 4) is 6.07 Å². The summed E-state index contributed by atoms with van der Waals surface area (Å²) >= 11 is 0. The summed E-state index contributed by atoms with van der Waals surface area (Å²) in [6.07, 6.45) is -4.58. The monoisotopic (exact) mass is 492 g/mol. The molecule has 3 fully saturated rings. The summed E-state index contributed by atoms with van der Waals surface area (Å²) < 4.78 is 74.1. The summed E-state index contributed by atoms with van der Waals surface area (Å²) in [5.74, 6) is -0.971. The lowest BCUT2D eigenvalue weighted by molar-refractivity contribution is -0.137. The van der Waals surface area contributed by atoms with Gasteiger partial charge in [-0.1, -0.05) is 30.3 Å². The zero-order chi connectivity index (χ0) is 24.3. The summed E-state index contributed by atoms with van der Waals surface area (Å²) in [6.45, 7) is 0.0630. The Morgan fingerprint density at radius 2 is 1.88 bits per heavy atom. The Kier molecular flexibility index (Phi) is 5.43. The number of ether oxygens (including phenoxy) is 1. The van der Waals surface area contributed by atoms with E-state index < -0.39 is 44.1 Å². The molecule has 2 aromatic rings. The van der Waals surface area contributed by atoms with E-state index in [1.165, 1.54) is 12.1 Å². The van der Waals surface area contributed by atoms with Crippen LogP contribution in [-0.4, -0.2) is 37.5 Å². The molecule has 2 saturated carbocycles. The van der Waals surface area contributed by atoms with Gasteiger partial charge in [0.05, 0.1) is 42.2 Å². The lowest BCUT2D eigenvalue weighted by atomic mass is 9.77. The Labute approximate surface area is 195 Å². The average Bonchev–Trinajstić information content (AvgIpc) is 3.40. The van der Waals surface area contributed by atoms with Crippen LogP contribution >= 0.6 is 0 Å². The molecule has 2 bridgehead atoms. The van der Waals surface area contributed by atoms with Crippen LogP contribution in [0.2, 0.25) is 0 Å². The molecule has 3 aliphatic rings. The molecule has 180 valence electrons. The number of alkyl halides is 3. The fourth-order valence-corrected chi connectivity index (χ4v) is 8.88. The Morgan fingerprint density at radius 1 is 1.15 bits per heavy atom. The number of anilines is 1. The van der Waals surface area contributed by atoms with Crippen molar-refractivity contribution in [3.63, 3.8) is 0 Å². The maximum atomic E-state index is 14.0. The highest BCUT2D eigenvalue weighted by molar-refractivity contribution is 7.94. The second kappa shape index (κ2) is 7.97. The number of aliphatic hydroxyl groups is 1. The fraction of sp³-hybridized carbons (Fsp3) is 0.458. The maximum absolute atomic E-state index is 14.0. The highest BCUT2D eigenvalue weighted by atomic mass is 32.2. The third kappa shape index (κ3) is 3.33. The van der Waals surface area contributed by atoms with Crippen molar-refractivity contribution in [1.29, 1.82) is 5.26 Å². The molecule has 5 rings (SSSR count). The van der Waals surface area contributed by atoms with Crippen molar-refractivity contribution in [2.75, 3.05) is 17.5 Å². The number of nitrogens with zero attached hydrogens (tertiary/aromatic N) is 2. The van der Waals surface area contributed by atoms with Crippen LogP contribution < -0.4 is 4.31 Å². The SMILES string of the molecule is N#Cc1ccc(N2C[C@H]3[C@@H]4C[C@H](O)[C@H](C4)[C@@]3(COCc3ccccc3)S2(=O)=O)cc1C(F)(F)F. The Bertz CT molecular complexity index is 1250. The van der Waals surface area contributed by atoms with Crippen LogP contribution in [0.25, 0.3) is 0 Å². The molecule has 0 amide bonds. The first-order valence-electron chi connectivity index (χ1n) is 11.0. The molecule has 5 atom stereocenters. The van der Waals surface area contributed by atoms with Gasteiger partial charge >= 0.3 is 6.18 Å². The van der Waals surface area contributed by atoms with Crippen molar-refractivity contribution >= 4 is 15.7 Å². The summed E-state index contributed by atoms with van der Waals surface area (Å²) in [7, 11) is -4.18. The third-order valence-corrected chi connectivity index (χ3v) is 10.3. The van der Waals surface area contributed by atoms with Crippen LogP contribution in [0.1, 0.15) is 29.5 Å². The van der Waals surface area contributed by atoms with Crippen LogP contribution in [0.3, 0.4) is 0 Å². The minimum atomic E-state index is -4.80. The number of rotatable bonds is 5. The molecule has 1 saturated heterocycles. The van der Waals surface area contributed by atoms with Crippen molar-refractivity contribution in [1.82, 2.24) is 0 Å². The number of hydrogen-bond donors (Lipinski definition) is 1. The van der Waals surface area contributed by atoms with Crippen LogP contribution in [0.4, 0.5) is 18.9 Å². The normalized spacial score (nSPS) is 31.4. The van der Waals surface area contributed by atoms with Gasteiger partial charge in [0.15, 0.2) is 0 Å². The van der Waals surface area contributed by atoms with E-state index in [0.717, 1.165) is 22.0 Å². The maximum Gasteiger partial charge on any atom is 0.417 e. The van der Waals surface area contributed by atoms with E-state index in [-0.39, 0.29) is 37.3 Å². The molecule has 2 aromatic carbocycles. The van der Waals surface area contributed by atoms with Crippen LogP contribution in [-0.2, 0) is 27.5 Å². The van der Waals surface area contributed by atoms with E-state index in [2.05, 4.69) is 0 Å². The van der Waals surface area contributed by atoms with Gasteiger partial charge in [0.2, 0.25) is 10.0 Å². The highest BCUT2D eigenvalue weighted by Crippen LogP contribution is 2.62. The van der Waals surface area contributed by atoms with Crippen molar-refractivity contribution in [2.24, 2.45) is 17.8 Å². The third-order valence-electron chi connectivity index (χ3n) is 7.68. The van der Waals surface area contributed by atoms with E-state index in [1.807, 2.05) is 30.3 Å². The van der Waals surface area contributed by atoms with Gasteiger partial charge in [-0.3, -0.25) is 4.31 Å². The molecule has 1 N–H and O–H groups in total. The zero-order valence-electron chi connectivity index (χ0n) is 18.1. The van der Waals surface area contributed by atoms with Gasteiger partial charge in [-0.25, -0.2) is 8.42 Å². The molecular formula is C24H23F3N2O4S. The predicted octanol–water partition coefficient (Wildman–Crippen LogP) is 3.70. The van der Waals surface area contributed by atoms with Gasteiger partial charge in [-0.15, -0.1) is 0 Å². The van der Waals surface area contributed by atoms with E-state index in [4.69, 9.17) is 10.00 Å². The van der Waals surface area contributed by atoms with E-state index in [9.17, 15) is 26.7 Å². The number of halogens is 3. The predicted molar refractivity (Wildman–Crippen MR) is 117 cm³/mol. The number of sulfonamides is 1. The lowest BCUT2D eigenvalue weighted by Crippen LogP contribution is -2.55. The number of benzene rings is 2. The summed E-state index contributed by atoms with van der Waals surface area (Å²) in [5, 5.41) is 19.7. The van der Waals surface area contributed by atoms with Gasteiger partial charge in [-0.2, -0.15) is 18.4 Å². The van der Waals surface area contributed by atoms with Gasteiger partial charge in [0.25, 0.3) is 0 Å². The number of fused-ring (bicyclic) bond motifs is 5.